The Morgan fingerprint density at radius 1 is 1.00 bits per heavy atom. The van der Waals surface area contributed by atoms with Crippen molar-refractivity contribution in [2.24, 2.45) is 5.92 Å². The van der Waals surface area contributed by atoms with Gasteiger partial charge in [-0.3, -0.25) is 0 Å². The highest BCUT2D eigenvalue weighted by atomic mass is 19.1. The summed E-state index contributed by atoms with van der Waals surface area (Å²) in [4.78, 5) is 12.6. The van der Waals surface area contributed by atoms with Gasteiger partial charge < -0.3 is 13.9 Å². The van der Waals surface area contributed by atoms with Gasteiger partial charge in [-0.25, -0.2) is 9.18 Å². The van der Waals surface area contributed by atoms with E-state index in [0.717, 1.165) is 70.5 Å². The molecule has 4 nitrogen and oxygen atoms in total. The molecule has 1 heterocycles. The molecule has 0 aliphatic heterocycles. The van der Waals surface area contributed by atoms with E-state index >= 15 is 0 Å². The molecule has 0 N–H and O–H groups in total. The number of hydrogen-bond acceptors (Lipinski definition) is 4. The van der Waals surface area contributed by atoms with Gasteiger partial charge in [0.05, 0.1) is 6.61 Å². The predicted octanol–water partition coefficient (Wildman–Crippen LogP) is 6.98. The van der Waals surface area contributed by atoms with Crippen molar-refractivity contribution in [3.05, 3.63) is 40.2 Å². The number of benzene rings is 1. The lowest BCUT2D eigenvalue weighted by Gasteiger charge is -2.27. The van der Waals surface area contributed by atoms with Crippen molar-refractivity contribution < 1.29 is 18.3 Å². The molecular weight excluding hydrogens is 395 g/mol. The summed E-state index contributed by atoms with van der Waals surface area (Å²) in [5.41, 5.74) is -0.600. The smallest absolute Gasteiger partial charge is 0.346 e. The topological polar surface area (TPSA) is 48.7 Å². The first-order valence-electron chi connectivity index (χ1n) is 12.1. The van der Waals surface area contributed by atoms with E-state index in [1.807, 2.05) is 13.0 Å². The molecule has 0 bridgehead atoms. The molecule has 5 heteroatoms. The third kappa shape index (κ3) is 6.55. The molecule has 0 saturated heterocycles. The number of halogens is 1. The maximum Gasteiger partial charge on any atom is 0.346 e. The highest BCUT2D eigenvalue weighted by molar-refractivity contribution is 5.83. The molecule has 0 atom stereocenters. The third-order valence-electron chi connectivity index (χ3n) is 6.40. The van der Waals surface area contributed by atoms with E-state index in [9.17, 15) is 9.18 Å². The molecule has 1 aliphatic rings. The van der Waals surface area contributed by atoms with Gasteiger partial charge in [0.25, 0.3) is 0 Å². The highest BCUT2D eigenvalue weighted by Gasteiger charge is 2.25. The molecule has 1 saturated carbocycles. The lowest BCUT2D eigenvalue weighted by Crippen LogP contribution is -2.16. The average molecular weight is 433 g/mol. The highest BCUT2D eigenvalue weighted by Crippen LogP contribution is 2.38. The van der Waals surface area contributed by atoms with Crippen LogP contribution in [0.1, 0.15) is 89.7 Å². The number of ether oxygens (including phenoxy) is 2. The normalized spacial score (nSPS) is 19.1. The van der Waals surface area contributed by atoms with Gasteiger partial charge in [0, 0.05) is 19.1 Å². The summed E-state index contributed by atoms with van der Waals surface area (Å²) in [5.74, 6) is 1.16. The van der Waals surface area contributed by atoms with Crippen molar-refractivity contribution in [1.82, 2.24) is 0 Å². The second kappa shape index (κ2) is 12.2. The Kier molecular flexibility index (Phi) is 9.38. The molecule has 3 rings (SSSR count). The van der Waals surface area contributed by atoms with Crippen LogP contribution in [0.25, 0.3) is 10.8 Å². The first-order chi connectivity index (χ1) is 15.1. The van der Waals surface area contributed by atoms with Gasteiger partial charge in [-0.2, -0.15) is 0 Å². The van der Waals surface area contributed by atoms with Gasteiger partial charge in [-0.05, 0) is 74.8 Å². The molecule has 31 heavy (non-hydrogen) atoms. The van der Waals surface area contributed by atoms with Crippen LogP contribution >= 0.6 is 0 Å². The third-order valence-corrected chi connectivity index (χ3v) is 6.40. The molecule has 1 aromatic heterocycles. The van der Waals surface area contributed by atoms with E-state index in [1.165, 1.54) is 12.8 Å². The minimum absolute atomic E-state index is 0.00509. The van der Waals surface area contributed by atoms with E-state index < -0.39 is 11.4 Å². The number of fused-ring (bicyclic) bond motifs is 1. The second-order valence-corrected chi connectivity index (χ2v) is 8.81. The van der Waals surface area contributed by atoms with Crippen LogP contribution in [0.2, 0.25) is 0 Å². The van der Waals surface area contributed by atoms with Crippen molar-refractivity contribution in [3.63, 3.8) is 0 Å². The summed E-state index contributed by atoms with van der Waals surface area (Å²) in [5, 5.41) is 0.590. The van der Waals surface area contributed by atoms with Crippen molar-refractivity contribution >= 4 is 10.8 Å². The Balaban J connectivity index is 1.57. The molecule has 1 aliphatic carbocycles. The summed E-state index contributed by atoms with van der Waals surface area (Å²) >= 11 is 0. The minimum Gasteiger partial charge on any atom is -0.490 e. The lowest BCUT2D eigenvalue weighted by atomic mass is 9.79. The van der Waals surface area contributed by atoms with Crippen LogP contribution < -0.4 is 10.4 Å². The van der Waals surface area contributed by atoms with Crippen LogP contribution in [0.5, 0.6) is 5.75 Å². The van der Waals surface area contributed by atoms with Gasteiger partial charge in [-0.1, -0.05) is 32.8 Å². The predicted molar refractivity (Wildman–Crippen MR) is 123 cm³/mol. The van der Waals surface area contributed by atoms with Crippen molar-refractivity contribution in [1.29, 1.82) is 0 Å². The van der Waals surface area contributed by atoms with Gasteiger partial charge in [0.1, 0.15) is 11.1 Å². The van der Waals surface area contributed by atoms with E-state index in [1.54, 1.807) is 12.1 Å². The fourth-order valence-electron chi connectivity index (χ4n) is 4.44. The van der Waals surface area contributed by atoms with Crippen LogP contribution in [-0.2, 0) is 4.74 Å². The minimum atomic E-state index is -0.612. The van der Waals surface area contributed by atoms with E-state index in [0.29, 0.717) is 17.8 Å². The van der Waals surface area contributed by atoms with Crippen molar-refractivity contribution in [3.8, 4) is 5.75 Å². The zero-order valence-corrected chi connectivity index (χ0v) is 19.1. The maximum atomic E-state index is 14.8. The summed E-state index contributed by atoms with van der Waals surface area (Å²) in [6.45, 7) is 6.39. The Morgan fingerprint density at radius 3 is 2.45 bits per heavy atom. The summed E-state index contributed by atoms with van der Waals surface area (Å²) in [6, 6.07) is 5.24. The summed E-state index contributed by atoms with van der Waals surface area (Å²) in [7, 11) is 0. The van der Waals surface area contributed by atoms with E-state index in [2.05, 4.69) is 6.92 Å². The molecular formula is C26H37FO4. The first kappa shape index (κ1) is 23.8. The van der Waals surface area contributed by atoms with Gasteiger partial charge in [-0.15, -0.1) is 0 Å². The molecule has 1 aromatic carbocycles. The molecule has 0 amide bonds. The second-order valence-electron chi connectivity index (χ2n) is 8.81. The largest absolute Gasteiger partial charge is 0.490 e. The van der Waals surface area contributed by atoms with E-state index in [4.69, 9.17) is 13.9 Å². The fraction of sp³-hybridized carbons (Fsp3) is 0.654. The van der Waals surface area contributed by atoms with Crippen LogP contribution in [0.3, 0.4) is 0 Å². The van der Waals surface area contributed by atoms with Gasteiger partial charge in [0.15, 0.2) is 11.6 Å². The van der Waals surface area contributed by atoms with Gasteiger partial charge >= 0.3 is 5.63 Å². The molecule has 1 fully saturated rings. The molecule has 0 unspecified atom stereocenters. The average Bonchev–Trinajstić information content (AvgIpc) is 2.78. The Bertz CT molecular complexity index is 868. The quantitative estimate of drug-likeness (QED) is 0.339. The molecule has 2 aromatic rings. The van der Waals surface area contributed by atoms with Crippen LogP contribution in [0, 0.1) is 11.7 Å². The molecule has 172 valence electrons. The van der Waals surface area contributed by atoms with Crippen molar-refractivity contribution in [2.45, 2.75) is 84.0 Å². The number of unbranched alkanes of at least 4 members (excludes halogenated alkanes) is 2. The Hall–Kier alpha value is -1.88. The first-order valence-corrected chi connectivity index (χ1v) is 12.1. The standard InChI is InChI=1S/C26H37FO4/c1-3-5-15-29-16-7-8-19-9-11-20(12-10-19)23-18-21-13-14-22(30-17-6-4-2)25(27)24(21)26(28)31-23/h13-14,18-20H,3-12,15-17H2,1-2H3. The SMILES string of the molecule is CCCCOCCCC1CCC(c2cc3ccc(OCCCC)c(F)c3c(=O)o2)CC1. The van der Waals surface area contributed by atoms with Crippen LogP contribution in [-0.4, -0.2) is 19.8 Å². The maximum absolute atomic E-state index is 14.8. The number of rotatable bonds is 12. The lowest BCUT2D eigenvalue weighted by molar-refractivity contribution is 0.121. The monoisotopic (exact) mass is 432 g/mol. The number of hydrogen-bond donors (Lipinski definition) is 0. The van der Waals surface area contributed by atoms with Crippen molar-refractivity contribution in [2.75, 3.05) is 19.8 Å². The Morgan fingerprint density at radius 2 is 1.71 bits per heavy atom. The molecule has 0 radical (unpaired) electrons. The zero-order chi connectivity index (χ0) is 22.1. The van der Waals surface area contributed by atoms with Crippen LogP contribution in [0.4, 0.5) is 4.39 Å². The fourth-order valence-corrected chi connectivity index (χ4v) is 4.44. The zero-order valence-electron chi connectivity index (χ0n) is 19.1. The summed E-state index contributed by atoms with van der Waals surface area (Å²) in [6.07, 6.45) is 10.7. The Labute approximate surface area is 185 Å². The van der Waals surface area contributed by atoms with Crippen LogP contribution in [0.15, 0.2) is 27.4 Å². The van der Waals surface area contributed by atoms with Gasteiger partial charge in [0.2, 0.25) is 0 Å². The summed E-state index contributed by atoms with van der Waals surface area (Å²) < 4.78 is 31.6. The van der Waals surface area contributed by atoms with E-state index in [-0.39, 0.29) is 17.1 Å². The molecule has 0 spiro atoms.